The first-order valence-corrected chi connectivity index (χ1v) is 11.4. The van der Waals surface area contributed by atoms with Gasteiger partial charge in [-0.1, -0.05) is 29.3 Å². The Morgan fingerprint density at radius 2 is 1.75 bits per heavy atom. The van der Waals surface area contributed by atoms with Gasteiger partial charge in [-0.2, -0.15) is 0 Å². The van der Waals surface area contributed by atoms with Crippen LogP contribution in [0.3, 0.4) is 0 Å². The van der Waals surface area contributed by atoms with E-state index >= 15 is 0 Å². The number of anilines is 3. The third-order valence-electron chi connectivity index (χ3n) is 5.21. The molecule has 0 saturated carbocycles. The summed E-state index contributed by atoms with van der Waals surface area (Å²) in [6.07, 6.45) is 4.10. The smallest absolute Gasteiger partial charge is 0.323 e. The van der Waals surface area contributed by atoms with E-state index in [4.69, 9.17) is 27.9 Å². The summed E-state index contributed by atoms with van der Waals surface area (Å²) in [5.41, 5.74) is 2.22. The molecule has 3 amide bonds. The van der Waals surface area contributed by atoms with Gasteiger partial charge < -0.3 is 25.6 Å². The lowest BCUT2D eigenvalue weighted by Crippen LogP contribution is -2.33. The fraction of sp³-hybridized carbons (Fsp3) is 0.391. The Morgan fingerprint density at radius 3 is 2.44 bits per heavy atom. The number of hydrogen-bond donors (Lipinski definition) is 3. The Labute approximate surface area is 198 Å². The zero-order valence-electron chi connectivity index (χ0n) is 18.0. The number of rotatable bonds is 8. The van der Waals surface area contributed by atoms with Crippen LogP contribution in [-0.4, -0.2) is 45.3 Å². The van der Waals surface area contributed by atoms with Crippen molar-refractivity contribution >= 4 is 52.2 Å². The number of amides is 3. The molecule has 1 fully saturated rings. The van der Waals surface area contributed by atoms with E-state index in [1.807, 2.05) is 6.07 Å². The van der Waals surface area contributed by atoms with Gasteiger partial charge >= 0.3 is 6.03 Å². The maximum Gasteiger partial charge on any atom is 0.323 e. The molecule has 7 nitrogen and oxygen atoms in total. The van der Waals surface area contributed by atoms with Crippen LogP contribution < -0.4 is 20.9 Å². The summed E-state index contributed by atoms with van der Waals surface area (Å²) in [4.78, 5) is 27.7. The zero-order chi connectivity index (χ0) is 22.9. The summed E-state index contributed by atoms with van der Waals surface area (Å²) in [7, 11) is 1.63. The Bertz CT molecular complexity index is 929. The van der Waals surface area contributed by atoms with E-state index in [1.54, 1.807) is 37.4 Å². The van der Waals surface area contributed by atoms with Crippen LogP contribution in [0.2, 0.25) is 10.0 Å². The third-order valence-corrected chi connectivity index (χ3v) is 5.84. The van der Waals surface area contributed by atoms with Gasteiger partial charge in [0.15, 0.2) is 0 Å². The summed E-state index contributed by atoms with van der Waals surface area (Å²) >= 11 is 12.3. The Kier molecular flexibility index (Phi) is 9.02. The largest absolute Gasteiger partial charge is 0.385 e. The van der Waals surface area contributed by atoms with Crippen LogP contribution in [0.15, 0.2) is 36.4 Å². The van der Waals surface area contributed by atoms with Crippen molar-refractivity contribution in [3.63, 3.8) is 0 Å². The second kappa shape index (κ2) is 11.9. The van der Waals surface area contributed by atoms with E-state index in [1.165, 1.54) is 6.42 Å². The summed E-state index contributed by atoms with van der Waals surface area (Å²) in [5.74, 6) is -0.181. The minimum Gasteiger partial charge on any atom is -0.385 e. The van der Waals surface area contributed by atoms with Crippen molar-refractivity contribution < 1.29 is 14.3 Å². The molecule has 0 unspecified atom stereocenters. The van der Waals surface area contributed by atoms with Crippen molar-refractivity contribution in [3.05, 3.63) is 52.0 Å². The van der Waals surface area contributed by atoms with Crippen LogP contribution in [0.4, 0.5) is 21.9 Å². The first kappa shape index (κ1) is 24.2. The number of carbonyl (C=O) groups is 2. The van der Waals surface area contributed by atoms with E-state index in [0.29, 0.717) is 40.1 Å². The highest BCUT2D eigenvalue weighted by molar-refractivity contribution is 6.39. The molecule has 3 rings (SSSR count). The van der Waals surface area contributed by atoms with Gasteiger partial charge in [0.05, 0.1) is 21.3 Å². The number of halogens is 2. The van der Waals surface area contributed by atoms with Gasteiger partial charge in [0.25, 0.3) is 5.91 Å². The molecule has 1 aliphatic heterocycles. The van der Waals surface area contributed by atoms with Crippen molar-refractivity contribution in [1.82, 2.24) is 5.32 Å². The quantitative estimate of drug-likeness (QED) is 0.443. The van der Waals surface area contributed by atoms with Crippen LogP contribution in [0.1, 0.15) is 36.0 Å². The molecule has 0 bridgehead atoms. The molecular formula is C23H28Cl2N4O3. The number of nitrogens with zero attached hydrogens (tertiary/aromatic N) is 1. The summed E-state index contributed by atoms with van der Waals surface area (Å²) in [6.45, 7) is 2.89. The van der Waals surface area contributed by atoms with Gasteiger partial charge in [0, 0.05) is 44.7 Å². The van der Waals surface area contributed by atoms with E-state index in [0.717, 1.165) is 38.0 Å². The minimum atomic E-state index is -0.503. The van der Waals surface area contributed by atoms with Gasteiger partial charge in [-0.3, -0.25) is 4.79 Å². The SMILES string of the molecule is COCCCNC(=O)c1cc(NC(=O)Nc2c(Cl)cccc2Cl)ccc1N1CCCCC1. The van der Waals surface area contributed by atoms with Crippen molar-refractivity contribution in [2.75, 3.05) is 48.9 Å². The highest BCUT2D eigenvalue weighted by atomic mass is 35.5. The standard InChI is InChI=1S/C23H28Cl2N4O3/c1-32-14-6-11-26-22(30)17-15-16(9-10-20(17)29-12-3-2-4-13-29)27-23(31)28-21-18(24)7-5-8-19(21)25/h5,7-10,15H,2-4,6,11-14H2,1H3,(H,26,30)(H2,27,28,31). The third kappa shape index (κ3) is 6.51. The number of piperidine rings is 1. The minimum absolute atomic E-state index is 0.181. The average molecular weight is 479 g/mol. The fourth-order valence-electron chi connectivity index (χ4n) is 3.61. The second-order valence-electron chi connectivity index (χ2n) is 7.56. The first-order valence-electron chi connectivity index (χ1n) is 10.7. The van der Waals surface area contributed by atoms with Crippen LogP contribution in [0.5, 0.6) is 0 Å². The van der Waals surface area contributed by atoms with Crippen molar-refractivity contribution in [3.8, 4) is 0 Å². The van der Waals surface area contributed by atoms with Gasteiger partial charge in [-0.15, -0.1) is 0 Å². The molecule has 0 aliphatic carbocycles. The molecule has 0 atom stereocenters. The van der Waals surface area contributed by atoms with Crippen LogP contribution >= 0.6 is 23.2 Å². The van der Waals surface area contributed by atoms with Gasteiger partial charge in [0.1, 0.15) is 0 Å². The predicted molar refractivity (Wildman–Crippen MR) is 130 cm³/mol. The number of nitrogens with one attached hydrogen (secondary N) is 3. The molecule has 3 N–H and O–H groups in total. The molecule has 32 heavy (non-hydrogen) atoms. The predicted octanol–water partition coefficient (Wildman–Crippen LogP) is 5.39. The van der Waals surface area contributed by atoms with Crippen molar-refractivity contribution in [1.29, 1.82) is 0 Å². The van der Waals surface area contributed by atoms with Crippen molar-refractivity contribution in [2.45, 2.75) is 25.7 Å². The fourth-order valence-corrected chi connectivity index (χ4v) is 4.10. The highest BCUT2D eigenvalue weighted by Gasteiger charge is 2.20. The van der Waals surface area contributed by atoms with E-state index in [9.17, 15) is 9.59 Å². The molecule has 2 aromatic rings. The zero-order valence-corrected chi connectivity index (χ0v) is 19.6. The summed E-state index contributed by atoms with van der Waals surface area (Å²) in [6, 6.07) is 9.85. The maximum absolute atomic E-state index is 12.9. The lowest BCUT2D eigenvalue weighted by Gasteiger charge is -2.30. The molecule has 2 aromatic carbocycles. The molecular weight excluding hydrogens is 451 g/mol. The van der Waals surface area contributed by atoms with E-state index in [2.05, 4.69) is 20.9 Å². The molecule has 1 aliphatic rings. The van der Waals surface area contributed by atoms with E-state index in [-0.39, 0.29) is 5.91 Å². The molecule has 1 heterocycles. The Balaban J connectivity index is 1.77. The Hall–Kier alpha value is -2.48. The average Bonchev–Trinajstić information content (AvgIpc) is 2.79. The monoisotopic (exact) mass is 478 g/mol. The van der Waals surface area contributed by atoms with Gasteiger partial charge in [-0.25, -0.2) is 4.79 Å². The molecule has 9 heteroatoms. The first-order chi connectivity index (χ1) is 15.5. The van der Waals surface area contributed by atoms with E-state index < -0.39 is 6.03 Å². The molecule has 172 valence electrons. The van der Waals surface area contributed by atoms with Crippen LogP contribution in [0.25, 0.3) is 0 Å². The van der Waals surface area contributed by atoms with Crippen LogP contribution in [-0.2, 0) is 4.74 Å². The topological polar surface area (TPSA) is 82.7 Å². The van der Waals surface area contributed by atoms with Gasteiger partial charge in [-0.05, 0) is 56.0 Å². The number of benzene rings is 2. The molecule has 0 aromatic heterocycles. The maximum atomic E-state index is 12.9. The van der Waals surface area contributed by atoms with Crippen LogP contribution in [0, 0.1) is 0 Å². The lowest BCUT2D eigenvalue weighted by molar-refractivity contribution is 0.0949. The summed E-state index contributed by atoms with van der Waals surface area (Å²) in [5, 5.41) is 9.04. The molecule has 0 radical (unpaired) electrons. The highest BCUT2D eigenvalue weighted by Crippen LogP contribution is 2.31. The number of hydrogen-bond acceptors (Lipinski definition) is 4. The second-order valence-corrected chi connectivity index (χ2v) is 8.37. The number of carbonyl (C=O) groups excluding carboxylic acids is 2. The Morgan fingerprint density at radius 1 is 1.03 bits per heavy atom. The van der Waals surface area contributed by atoms with Crippen molar-refractivity contribution in [2.24, 2.45) is 0 Å². The van der Waals surface area contributed by atoms with Gasteiger partial charge in [0.2, 0.25) is 0 Å². The molecule has 1 saturated heterocycles. The molecule has 0 spiro atoms. The normalized spacial score (nSPS) is 13.5. The number of para-hydroxylation sites is 1. The lowest BCUT2D eigenvalue weighted by atomic mass is 10.1. The number of ether oxygens (including phenoxy) is 1. The summed E-state index contributed by atoms with van der Waals surface area (Å²) < 4.78 is 5.04. The number of methoxy groups -OCH3 is 1. The number of urea groups is 1.